The summed E-state index contributed by atoms with van der Waals surface area (Å²) >= 11 is 0. The summed E-state index contributed by atoms with van der Waals surface area (Å²) in [7, 11) is 1.94. The highest BCUT2D eigenvalue weighted by Crippen LogP contribution is 2.12. The summed E-state index contributed by atoms with van der Waals surface area (Å²) in [6.45, 7) is 12.7. The summed E-state index contributed by atoms with van der Waals surface area (Å²) in [4.78, 5) is 12.1. The molecule has 1 unspecified atom stereocenters. The number of aryl methyl sites for hydroxylation is 2. The summed E-state index contributed by atoms with van der Waals surface area (Å²) in [5.74, 6) is 0.0380. The van der Waals surface area contributed by atoms with Crippen molar-refractivity contribution in [3.05, 3.63) is 17.0 Å². The lowest BCUT2D eigenvalue weighted by Crippen LogP contribution is -2.50. The second-order valence-electron chi connectivity index (χ2n) is 6.10. The van der Waals surface area contributed by atoms with Crippen molar-refractivity contribution in [2.24, 2.45) is 7.05 Å². The molecule has 0 saturated heterocycles. The van der Waals surface area contributed by atoms with Crippen LogP contribution in [0.25, 0.3) is 0 Å². The first-order valence-electron chi connectivity index (χ1n) is 7.22. The minimum atomic E-state index is -0.222. The molecule has 114 valence electrons. The number of hydrogen-bond acceptors (Lipinski definition) is 3. The number of aromatic nitrogens is 2. The first-order valence-corrected chi connectivity index (χ1v) is 7.22. The van der Waals surface area contributed by atoms with Crippen LogP contribution in [0.3, 0.4) is 0 Å². The number of carbonyl (C=O) groups excluding carboxylic acids is 1. The van der Waals surface area contributed by atoms with Gasteiger partial charge in [-0.2, -0.15) is 5.10 Å². The molecule has 0 aliphatic carbocycles. The van der Waals surface area contributed by atoms with Crippen LogP contribution in [0.2, 0.25) is 0 Å². The highest BCUT2D eigenvalue weighted by Gasteiger charge is 2.22. The van der Waals surface area contributed by atoms with Crippen molar-refractivity contribution in [1.29, 1.82) is 0 Å². The molecule has 5 nitrogen and oxygen atoms in total. The van der Waals surface area contributed by atoms with Gasteiger partial charge in [0, 0.05) is 30.4 Å². The Hall–Kier alpha value is -1.36. The maximum atomic E-state index is 12.1. The van der Waals surface area contributed by atoms with E-state index in [0.717, 1.165) is 17.8 Å². The topological polar surface area (TPSA) is 59.0 Å². The van der Waals surface area contributed by atoms with E-state index in [1.54, 1.807) is 0 Å². The van der Waals surface area contributed by atoms with Crippen LogP contribution < -0.4 is 10.6 Å². The standard InChI is InChI=1S/C15H28N4O/c1-8-15(5,6)17-14(20)11(3)16-9-13-10(2)18-19(7)12(13)4/h11,16H,8-9H2,1-7H3,(H,17,20). The van der Waals surface area contributed by atoms with E-state index in [9.17, 15) is 4.79 Å². The van der Waals surface area contributed by atoms with Crippen molar-refractivity contribution >= 4 is 5.91 Å². The van der Waals surface area contributed by atoms with E-state index in [1.165, 1.54) is 5.56 Å². The van der Waals surface area contributed by atoms with Gasteiger partial charge in [0.05, 0.1) is 11.7 Å². The molecule has 1 heterocycles. The highest BCUT2D eigenvalue weighted by atomic mass is 16.2. The van der Waals surface area contributed by atoms with Gasteiger partial charge in [-0.05, 0) is 41.0 Å². The van der Waals surface area contributed by atoms with E-state index < -0.39 is 0 Å². The van der Waals surface area contributed by atoms with Gasteiger partial charge < -0.3 is 10.6 Å². The third kappa shape index (κ3) is 4.07. The summed E-state index contributed by atoms with van der Waals surface area (Å²) in [5.41, 5.74) is 3.16. The summed E-state index contributed by atoms with van der Waals surface area (Å²) in [6.07, 6.45) is 0.909. The summed E-state index contributed by atoms with van der Waals surface area (Å²) in [5, 5.41) is 10.7. The first kappa shape index (κ1) is 16.7. The molecule has 0 radical (unpaired) electrons. The quantitative estimate of drug-likeness (QED) is 0.835. The Kier molecular flexibility index (Phi) is 5.34. The number of nitrogens with one attached hydrogen (secondary N) is 2. The normalized spacial score (nSPS) is 13.3. The van der Waals surface area contributed by atoms with Crippen LogP contribution in [-0.2, 0) is 18.4 Å². The molecule has 1 atom stereocenters. The van der Waals surface area contributed by atoms with E-state index in [2.05, 4.69) is 22.7 Å². The fourth-order valence-corrected chi connectivity index (χ4v) is 1.95. The van der Waals surface area contributed by atoms with E-state index in [0.29, 0.717) is 6.54 Å². The molecule has 2 N–H and O–H groups in total. The molecule has 20 heavy (non-hydrogen) atoms. The van der Waals surface area contributed by atoms with Gasteiger partial charge in [0.1, 0.15) is 0 Å². The minimum absolute atomic E-state index is 0.0380. The number of carbonyl (C=O) groups is 1. The molecule has 0 aromatic carbocycles. The Morgan fingerprint density at radius 3 is 2.45 bits per heavy atom. The van der Waals surface area contributed by atoms with Gasteiger partial charge in [-0.25, -0.2) is 0 Å². The smallest absolute Gasteiger partial charge is 0.237 e. The third-order valence-electron chi connectivity index (χ3n) is 3.98. The predicted molar refractivity (Wildman–Crippen MR) is 81.5 cm³/mol. The lowest BCUT2D eigenvalue weighted by molar-refractivity contribution is -0.124. The highest BCUT2D eigenvalue weighted by molar-refractivity contribution is 5.81. The fourth-order valence-electron chi connectivity index (χ4n) is 1.95. The molecule has 0 saturated carbocycles. The SMILES string of the molecule is CCC(C)(C)NC(=O)C(C)NCc1c(C)nn(C)c1C. The van der Waals surface area contributed by atoms with Gasteiger partial charge >= 0.3 is 0 Å². The van der Waals surface area contributed by atoms with Gasteiger partial charge in [-0.1, -0.05) is 6.92 Å². The van der Waals surface area contributed by atoms with Gasteiger partial charge in [-0.15, -0.1) is 0 Å². The zero-order valence-electron chi connectivity index (χ0n) is 13.8. The Labute approximate surface area is 122 Å². The molecule has 0 aliphatic heterocycles. The van der Waals surface area contributed by atoms with Crippen molar-refractivity contribution in [3.8, 4) is 0 Å². The lowest BCUT2D eigenvalue weighted by atomic mass is 10.0. The Balaban J connectivity index is 2.59. The van der Waals surface area contributed by atoms with E-state index in [-0.39, 0.29) is 17.5 Å². The Morgan fingerprint density at radius 1 is 1.40 bits per heavy atom. The maximum absolute atomic E-state index is 12.1. The Morgan fingerprint density at radius 2 is 2.00 bits per heavy atom. The molecule has 5 heteroatoms. The average Bonchev–Trinajstić information content (AvgIpc) is 2.60. The molecule has 1 aromatic rings. The van der Waals surface area contributed by atoms with Gasteiger partial charge in [-0.3, -0.25) is 9.48 Å². The zero-order chi connectivity index (χ0) is 15.5. The predicted octanol–water partition coefficient (Wildman–Crippen LogP) is 1.82. The molecule has 0 bridgehead atoms. The van der Waals surface area contributed by atoms with Crippen molar-refractivity contribution < 1.29 is 4.79 Å². The van der Waals surface area contributed by atoms with E-state index in [4.69, 9.17) is 0 Å². The fraction of sp³-hybridized carbons (Fsp3) is 0.733. The molecular formula is C15H28N4O. The summed E-state index contributed by atoms with van der Waals surface area (Å²) in [6, 6.07) is -0.222. The van der Waals surface area contributed by atoms with Crippen molar-refractivity contribution in [1.82, 2.24) is 20.4 Å². The van der Waals surface area contributed by atoms with Gasteiger partial charge in [0.2, 0.25) is 5.91 Å². The number of hydrogen-bond donors (Lipinski definition) is 2. The van der Waals surface area contributed by atoms with Crippen LogP contribution in [-0.4, -0.2) is 27.3 Å². The van der Waals surface area contributed by atoms with Crippen molar-refractivity contribution in [2.45, 2.75) is 66.1 Å². The minimum Gasteiger partial charge on any atom is -0.350 e. The number of amides is 1. The molecule has 1 amide bonds. The van der Waals surface area contributed by atoms with Gasteiger partial charge in [0.15, 0.2) is 0 Å². The Bertz CT molecular complexity index is 476. The van der Waals surface area contributed by atoms with E-state index >= 15 is 0 Å². The van der Waals surface area contributed by atoms with Gasteiger partial charge in [0.25, 0.3) is 0 Å². The summed E-state index contributed by atoms with van der Waals surface area (Å²) < 4.78 is 1.87. The average molecular weight is 280 g/mol. The second kappa shape index (κ2) is 6.39. The van der Waals surface area contributed by atoms with Crippen LogP contribution in [0.1, 0.15) is 51.1 Å². The van der Waals surface area contributed by atoms with Crippen LogP contribution >= 0.6 is 0 Å². The number of nitrogens with zero attached hydrogens (tertiary/aromatic N) is 2. The monoisotopic (exact) mass is 280 g/mol. The largest absolute Gasteiger partial charge is 0.350 e. The lowest BCUT2D eigenvalue weighted by Gasteiger charge is -2.26. The number of rotatable bonds is 6. The third-order valence-corrected chi connectivity index (χ3v) is 3.98. The van der Waals surface area contributed by atoms with Crippen LogP contribution in [0, 0.1) is 13.8 Å². The van der Waals surface area contributed by atoms with E-state index in [1.807, 2.05) is 46.3 Å². The molecular weight excluding hydrogens is 252 g/mol. The van der Waals surface area contributed by atoms with Crippen molar-refractivity contribution in [3.63, 3.8) is 0 Å². The molecule has 0 aliphatic rings. The zero-order valence-corrected chi connectivity index (χ0v) is 13.8. The van der Waals surface area contributed by atoms with Crippen LogP contribution in [0.15, 0.2) is 0 Å². The first-order chi connectivity index (χ1) is 9.18. The second-order valence-corrected chi connectivity index (χ2v) is 6.10. The van der Waals surface area contributed by atoms with Crippen molar-refractivity contribution in [2.75, 3.05) is 0 Å². The van der Waals surface area contributed by atoms with Crippen LogP contribution in [0.5, 0.6) is 0 Å². The molecule has 0 fully saturated rings. The maximum Gasteiger partial charge on any atom is 0.237 e. The van der Waals surface area contributed by atoms with Crippen LogP contribution in [0.4, 0.5) is 0 Å². The molecule has 0 spiro atoms. The molecule has 1 rings (SSSR count). The molecule has 1 aromatic heterocycles.